The molecule has 0 radical (unpaired) electrons. The lowest BCUT2D eigenvalue weighted by Crippen LogP contribution is -2.18. The van der Waals surface area contributed by atoms with Crippen molar-refractivity contribution >= 4 is 15.9 Å². The van der Waals surface area contributed by atoms with E-state index < -0.39 is 0 Å². The van der Waals surface area contributed by atoms with Crippen LogP contribution in [0, 0.1) is 0 Å². The molecule has 0 aliphatic rings. The molecule has 2 aromatic carbocycles. The molecule has 0 aliphatic carbocycles. The van der Waals surface area contributed by atoms with Crippen LogP contribution >= 0.6 is 15.9 Å². The van der Waals surface area contributed by atoms with Gasteiger partial charge in [0.25, 0.3) is 0 Å². The molecule has 0 aliphatic heterocycles. The van der Waals surface area contributed by atoms with Gasteiger partial charge in [-0.25, -0.2) is 0 Å². The Bertz CT molecular complexity index is 528. The molecule has 2 aromatic rings. The molecule has 0 bridgehead atoms. The van der Waals surface area contributed by atoms with Gasteiger partial charge in [0.2, 0.25) is 0 Å². The number of methoxy groups -OCH3 is 1. The van der Waals surface area contributed by atoms with Gasteiger partial charge in [0, 0.05) is 20.2 Å². The van der Waals surface area contributed by atoms with Gasteiger partial charge in [0.1, 0.15) is 11.5 Å². The van der Waals surface area contributed by atoms with E-state index in [1.54, 1.807) is 7.11 Å². The average molecular weight is 336 g/mol. The minimum Gasteiger partial charge on any atom is -0.456 e. The summed E-state index contributed by atoms with van der Waals surface area (Å²) >= 11 is 3.47. The summed E-state index contributed by atoms with van der Waals surface area (Å²) < 4.78 is 11.8. The third-order valence-electron chi connectivity index (χ3n) is 2.80. The van der Waals surface area contributed by atoms with E-state index in [-0.39, 0.29) is 0 Å². The van der Waals surface area contributed by atoms with E-state index in [2.05, 4.69) is 33.4 Å². The summed E-state index contributed by atoms with van der Waals surface area (Å²) in [6.45, 7) is 2.41. The van der Waals surface area contributed by atoms with Gasteiger partial charge in [0.15, 0.2) is 0 Å². The van der Waals surface area contributed by atoms with Crippen molar-refractivity contribution in [2.75, 3.05) is 20.3 Å². The van der Waals surface area contributed by atoms with Gasteiger partial charge in [-0.05, 0) is 45.8 Å². The van der Waals surface area contributed by atoms with Crippen LogP contribution in [-0.2, 0) is 11.3 Å². The molecule has 4 heteroatoms. The first-order valence-corrected chi connectivity index (χ1v) is 7.30. The minimum atomic E-state index is 0.725. The maximum atomic E-state index is 5.82. The molecule has 0 unspecified atom stereocenters. The first-order chi connectivity index (χ1) is 9.79. The predicted molar refractivity (Wildman–Crippen MR) is 84.2 cm³/mol. The number of halogens is 1. The molecule has 1 N–H and O–H groups in total. The SMILES string of the molecule is COCCNCc1ccc(Oc2ccccc2Br)cc1. The second-order valence-electron chi connectivity index (χ2n) is 4.35. The van der Waals surface area contributed by atoms with Crippen LogP contribution in [0.1, 0.15) is 5.56 Å². The summed E-state index contributed by atoms with van der Waals surface area (Å²) in [7, 11) is 1.70. The van der Waals surface area contributed by atoms with Crippen LogP contribution in [0.5, 0.6) is 11.5 Å². The molecular formula is C16H18BrNO2. The van der Waals surface area contributed by atoms with Gasteiger partial charge in [0.05, 0.1) is 11.1 Å². The number of ether oxygens (including phenoxy) is 2. The van der Waals surface area contributed by atoms with Crippen molar-refractivity contribution in [2.45, 2.75) is 6.54 Å². The lowest BCUT2D eigenvalue weighted by atomic mass is 10.2. The molecule has 0 saturated heterocycles. The third-order valence-corrected chi connectivity index (χ3v) is 3.46. The van der Waals surface area contributed by atoms with Crippen LogP contribution in [0.15, 0.2) is 53.0 Å². The average Bonchev–Trinajstić information content (AvgIpc) is 2.48. The number of rotatable bonds is 7. The van der Waals surface area contributed by atoms with Crippen LogP contribution < -0.4 is 10.1 Å². The van der Waals surface area contributed by atoms with Crippen LogP contribution in [0.3, 0.4) is 0 Å². The molecule has 0 fully saturated rings. The first-order valence-electron chi connectivity index (χ1n) is 6.50. The normalized spacial score (nSPS) is 10.5. The summed E-state index contributed by atoms with van der Waals surface area (Å²) in [6.07, 6.45) is 0. The molecule has 2 rings (SSSR count). The Hall–Kier alpha value is -1.36. The van der Waals surface area contributed by atoms with E-state index in [0.29, 0.717) is 0 Å². The number of benzene rings is 2. The Morgan fingerprint density at radius 1 is 1.05 bits per heavy atom. The highest BCUT2D eigenvalue weighted by Gasteiger charge is 2.01. The van der Waals surface area contributed by atoms with Gasteiger partial charge in [-0.3, -0.25) is 0 Å². The zero-order valence-corrected chi connectivity index (χ0v) is 13.0. The van der Waals surface area contributed by atoms with Crippen LogP contribution in [0.4, 0.5) is 0 Å². The monoisotopic (exact) mass is 335 g/mol. The fraction of sp³-hybridized carbons (Fsp3) is 0.250. The lowest BCUT2D eigenvalue weighted by molar-refractivity contribution is 0.199. The van der Waals surface area contributed by atoms with Crippen molar-refractivity contribution in [3.63, 3.8) is 0 Å². The smallest absolute Gasteiger partial charge is 0.141 e. The molecule has 0 amide bonds. The summed E-state index contributed by atoms with van der Waals surface area (Å²) in [5, 5.41) is 3.31. The number of nitrogens with one attached hydrogen (secondary N) is 1. The molecule has 0 saturated carbocycles. The summed E-state index contributed by atoms with van der Waals surface area (Å²) in [5.74, 6) is 1.65. The number of hydrogen-bond acceptors (Lipinski definition) is 3. The number of hydrogen-bond donors (Lipinski definition) is 1. The summed E-state index contributed by atoms with van der Waals surface area (Å²) in [4.78, 5) is 0. The molecule has 3 nitrogen and oxygen atoms in total. The number of para-hydroxylation sites is 1. The van der Waals surface area contributed by atoms with Crippen molar-refractivity contribution in [1.29, 1.82) is 0 Å². The standard InChI is InChI=1S/C16H18BrNO2/c1-19-11-10-18-12-13-6-8-14(9-7-13)20-16-5-3-2-4-15(16)17/h2-9,18H,10-12H2,1H3. The Kier molecular flexibility index (Phi) is 6.05. The largest absolute Gasteiger partial charge is 0.456 e. The van der Waals surface area contributed by atoms with Crippen LogP contribution in [0.25, 0.3) is 0 Å². The molecular weight excluding hydrogens is 318 g/mol. The second-order valence-corrected chi connectivity index (χ2v) is 5.20. The van der Waals surface area contributed by atoms with Gasteiger partial charge in [-0.2, -0.15) is 0 Å². The molecule has 0 spiro atoms. The van der Waals surface area contributed by atoms with Gasteiger partial charge in [-0.1, -0.05) is 24.3 Å². The van der Waals surface area contributed by atoms with Gasteiger partial charge < -0.3 is 14.8 Å². The highest BCUT2D eigenvalue weighted by atomic mass is 79.9. The summed E-state index contributed by atoms with van der Waals surface area (Å²) in [6, 6.07) is 15.9. The molecule has 0 heterocycles. The van der Waals surface area contributed by atoms with Crippen molar-refractivity contribution in [3.8, 4) is 11.5 Å². The highest BCUT2D eigenvalue weighted by molar-refractivity contribution is 9.10. The van der Waals surface area contributed by atoms with Crippen molar-refractivity contribution in [1.82, 2.24) is 5.32 Å². The molecule has 106 valence electrons. The molecule has 0 aromatic heterocycles. The zero-order valence-electron chi connectivity index (χ0n) is 11.4. The lowest BCUT2D eigenvalue weighted by Gasteiger charge is -2.09. The van der Waals surface area contributed by atoms with E-state index in [4.69, 9.17) is 9.47 Å². The topological polar surface area (TPSA) is 30.5 Å². The maximum absolute atomic E-state index is 5.82. The summed E-state index contributed by atoms with van der Waals surface area (Å²) in [5.41, 5.74) is 1.22. The Morgan fingerprint density at radius 2 is 1.80 bits per heavy atom. The predicted octanol–water partition coefficient (Wildman–Crippen LogP) is 3.98. The minimum absolute atomic E-state index is 0.725. The van der Waals surface area contributed by atoms with Gasteiger partial charge in [-0.15, -0.1) is 0 Å². The van der Waals surface area contributed by atoms with Crippen molar-refractivity contribution in [3.05, 3.63) is 58.6 Å². The van der Waals surface area contributed by atoms with Gasteiger partial charge >= 0.3 is 0 Å². The zero-order chi connectivity index (χ0) is 14.2. The molecule has 20 heavy (non-hydrogen) atoms. The van der Waals surface area contributed by atoms with E-state index in [1.807, 2.05) is 36.4 Å². The molecule has 0 atom stereocenters. The highest BCUT2D eigenvalue weighted by Crippen LogP contribution is 2.29. The van der Waals surface area contributed by atoms with Crippen molar-refractivity contribution < 1.29 is 9.47 Å². The Balaban J connectivity index is 1.90. The van der Waals surface area contributed by atoms with Crippen LogP contribution in [0.2, 0.25) is 0 Å². The van der Waals surface area contributed by atoms with Crippen molar-refractivity contribution in [2.24, 2.45) is 0 Å². The third kappa shape index (κ3) is 4.63. The fourth-order valence-electron chi connectivity index (χ4n) is 1.74. The quantitative estimate of drug-likeness (QED) is 0.776. The van der Waals surface area contributed by atoms with E-state index >= 15 is 0 Å². The van der Waals surface area contributed by atoms with E-state index in [9.17, 15) is 0 Å². The van der Waals surface area contributed by atoms with Crippen LogP contribution in [-0.4, -0.2) is 20.3 Å². The first kappa shape index (κ1) is 15.0. The van der Waals surface area contributed by atoms with E-state index in [0.717, 1.165) is 35.7 Å². The maximum Gasteiger partial charge on any atom is 0.141 e. The second kappa shape index (κ2) is 8.04. The Morgan fingerprint density at radius 3 is 2.50 bits per heavy atom. The van der Waals surface area contributed by atoms with E-state index in [1.165, 1.54) is 5.56 Å². The Labute approximate surface area is 128 Å². The fourth-order valence-corrected chi connectivity index (χ4v) is 2.10.